The number of alkyl halides is 3. The zero-order chi connectivity index (χ0) is 32.7. The molecule has 0 atom stereocenters. The number of rotatable bonds is 8. The molecule has 3 N–H and O–H groups in total. The number of anilines is 3. The predicted octanol–water partition coefficient (Wildman–Crippen LogP) is 5.49. The minimum absolute atomic E-state index is 0.0456. The molecule has 3 aromatic rings. The van der Waals surface area contributed by atoms with Gasteiger partial charge in [-0.05, 0) is 87.7 Å². The lowest BCUT2D eigenvalue weighted by atomic mass is 9.92. The van der Waals surface area contributed by atoms with Gasteiger partial charge in [-0.25, -0.2) is 9.78 Å². The molecule has 0 spiro atoms. The van der Waals surface area contributed by atoms with Gasteiger partial charge in [-0.1, -0.05) is 12.8 Å². The van der Waals surface area contributed by atoms with Gasteiger partial charge in [-0.3, -0.25) is 9.36 Å². The lowest BCUT2D eigenvalue weighted by Crippen LogP contribution is -2.43. The van der Waals surface area contributed by atoms with E-state index in [1.165, 1.54) is 63.8 Å². The first-order valence-electron chi connectivity index (χ1n) is 16.3. The Hall–Kier alpha value is -3.71. The molecule has 3 aliphatic rings. The van der Waals surface area contributed by atoms with E-state index in [4.69, 9.17) is 14.9 Å². The zero-order valence-corrected chi connectivity index (χ0v) is 26.4. The monoisotopic (exact) mass is 643 g/mol. The van der Waals surface area contributed by atoms with E-state index in [1.807, 2.05) is 17.7 Å². The summed E-state index contributed by atoms with van der Waals surface area (Å²) in [7, 11) is 0. The highest BCUT2D eigenvalue weighted by Crippen LogP contribution is 2.32. The fourth-order valence-electron chi connectivity index (χ4n) is 6.75. The van der Waals surface area contributed by atoms with Crippen LogP contribution in [0.3, 0.4) is 0 Å². The molecule has 1 aromatic carbocycles. The molecule has 0 unspecified atom stereocenters. The van der Waals surface area contributed by atoms with Crippen molar-refractivity contribution in [3.8, 4) is 0 Å². The van der Waals surface area contributed by atoms with E-state index in [-0.39, 0.29) is 11.6 Å². The lowest BCUT2D eigenvalue weighted by Gasteiger charge is -2.34. The maximum absolute atomic E-state index is 12.9. The van der Waals surface area contributed by atoms with E-state index < -0.39 is 12.1 Å². The molecular formula is C33H44F3N7O3. The highest BCUT2D eigenvalue weighted by molar-refractivity contribution is 5.79. The summed E-state index contributed by atoms with van der Waals surface area (Å²) in [5, 5.41) is 14.9. The van der Waals surface area contributed by atoms with Gasteiger partial charge in [0.2, 0.25) is 5.95 Å². The summed E-state index contributed by atoms with van der Waals surface area (Å²) in [6.45, 7) is 10.2. The number of benzene rings is 1. The largest absolute Gasteiger partial charge is 0.490 e. The van der Waals surface area contributed by atoms with Crippen molar-refractivity contribution in [3.05, 3.63) is 52.4 Å². The number of halogens is 3. The number of nitrogens with one attached hydrogen (secondary N) is 2. The summed E-state index contributed by atoms with van der Waals surface area (Å²) in [6.07, 6.45) is 6.46. The molecular weight excluding hydrogens is 599 g/mol. The minimum Gasteiger partial charge on any atom is -0.475 e. The van der Waals surface area contributed by atoms with Crippen LogP contribution in [0.2, 0.25) is 0 Å². The van der Waals surface area contributed by atoms with Crippen molar-refractivity contribution < 1.29 is 23.1 Å². The number of nitrogens with zero attached hydrogens (tertiary/aromatic N) is 5. The molecule has 2 aromatic heterocycles. The van der Waals surface area contributed by atoms with E-state index in [1.54, 1.807) is 6.07 Å². The topological polar surface area (TPSA) is 116 Å². The molecule has 1 aliphatic carbocycles. The van der Waals surface area contributed by atoms with Gasteiger partial charge in [0.15, 0.2) is 0 Å². The summed E-state index contributed by atoms with van der Waals surface area (Å²) < 4.78 is 33.6. The van der Waals surface area contributed by atoms with E-state index >= 15 is 0 Å². The van der Waals surface area contributed by atoms with Crippen molar-refractivity contribution in [3.63, 3.8) is 0 Å². The standard InChI is InChI=1S/C31H43N7O.C2HF3O2/c1-23-21-29(39)38(27-6-2-3-7-27)30-28(23)22-33-31(35-30)34-25-8-10-26(11-9-25)37-17-12-24(13-18-37)5-4-16-36-19-14-32-15-20-36;3-2(4,5)1(6)7/h8-11,21-22,24,27,32H,2-7,12-20H2,1H3,(H,33,34,35);(H,6,7). The van der Waals surface area contributed by atoms with Crippen LogP contribution in [-0.4, -0.2) is 82.5 Å². The molecule has 0 radical (unpaired) electrons. The van der Waals surface area contributed by atoms with Crippen molar-refractivity contribution in [2.75, 3.05) is 56.0 Å². The van der Waals surface area contributed by atoms with Gasteiger partial charge in [-0.15, -0.1) is 0 Å². The van der Waals surface area contributed by atoms with Crippen molar-refractivity contribution in [1.82, 2.24) is 24.8 Å². The molecule has 10 nitrogen and oxygen atoms in total. The van der Waals surface area contributed by atoms with Gasteiger partial charge < -0.3 is 25.5 Å². The number of pyridine rings is 1. The van der Waals surface area contributed by atoms with Crippen LogP contribution in [0.4, 0.5) is 30.5 Å². The van der Waals surface area contributed by atoms with Crippen LogP contribution in [-0.2, 0) is 4.79 Å². The van der Waals surface area contributed by atoms with Gasteiger partial charge >= 0.3 is 12.1 Å². The number of piperidine rings is 1. The third kappa shape index (κ3) is 8.75. The molecule has 3 fully saturated rings. The fraction of sp³-hybridized carbons (Fsp3) is 0.576. The van der Waals surface area contributed by atoms with Gasteiger partial charge in [0, 0.05) is 74.3 Å². The molecule has 2 aliphatic heterocycles. The number of aliphatic carboxylic acids is 1. The summed E-state index contributed by atoms with van der Waals surface area (Å²) in [4.78, 5) is 36.4. The van der Waals surface area contributed by atoms with Gasteiger partial charge in [-0.2, -0.15) is 18.2 Å². The van der Waals surface area contributed by atoms with E-state index in [9.17, 15) is 18.0 Å². The van der Waals surface area contributed by atoms with Crippen molar-refractivity contribution >= 4 is 34.3 Å². The average Bonchev–Trinajstić information content (AvgIpc) is 3.57. The third-order valence-corrected chi connectivity index (χ3v) is 9.33. The Morgan fingerprint density at radius 3 is 2.33 bits per heavy atom. The quantitative estimate of drug-likeness (QED) is 0.293. The summed E-state index contributed by atoms with van der Waals surface area (Å²) in [5.74, 6) is -1.36. The Labute approximate surface area is 267 Å². The maximum Gasteiger partial charge on any atom is 0.490 e. The number of piperazine rings is 1. The first-order chi connectivity index (χ1) is 22.1. The number of carboxylic acids is 1. The predicted molar refractivity (Wildman–Crippen MR) is 173 cm³/mol. The number of carbonyl (C=O) groups is 1. The van der Waals surface area contributed by atoms with Gasteiger partial charge in [0.05, 0.1) is 0 Å². The van der Waals surface area contributed by atoms with Gasteiger partial charge in [0.1, 0.15) is 5.65 Å². The Morgan fingerprint density at radius 2 is 1.70 bits per heavy atom. The number of fused-ring (bicyclic) bond motifs is 1. The van der Waals surface area contributed by atoms with E-state index in [0.717, 1.165) is 67.2 Å². The molecule has 0 bridgehead atoms. The lowest BCUT2D eigenvalue weighted by molar-refractivity contribution is -0.192. The van der Waals surface area contributed by atoms with E-state index in [2.05, 4.69) is 49.7 Å². The molecule has 13 heteroatoms. The number of aromatic nitrogens is 3. The molecule has 0 amide bonds. The maximum atomic E-state index is 12.9. The summed E-state index contributed by atoms with van der Waals surface area (Å²) in [6, 6.07) is 10.6. The minimum atomic E-state index is -5.08. The Morgan fingerprint density at radius 1 is 1.04 bits per heavy atom. The van der Waals surface area contributed by atoms with Crippen LogP contribution in [0.1, 0.15) is 63.0 Å². The highest BCUT2D eigenvalue weighted by atomic mass is 19.4. The second-order valence-electron chi connectivity index (χ2n) is 12.5. The Bertz CT molecular complexity index is 1510. The number of aryl methyl sites for hydroxylation is 1. The SMILES string of the molecule is Cc1cc(=O)n(C2CCCC2)c2nc(Nc3ccc(N4CCC(CCCN5CCNCC5)CC4)cc3)ncc12.O=C(O)C(F)(F)F. The second kappa shape index (κ2) is 15.3. The molecule has 250 valence electrons. The molecule has 46 heavy (non-hydrogen) atoms. The Kier molecular flexibility index (Phi) is 11.2. The van der Waals surface area contributed by atoms with E-state index in [0.29, 0.717) is 5.95 Å². The van der Waals surface area contributed by atoms with Crippen molar-refractivity contribution in [2.45, 2.75) is 70.5 Å². The number of hydrogen-bond donors (Lipinski definition) is 3. The zero-order valence-electron chi connectivity index (χ0n) is 26.4. The van der Waals surface area contributed by atoms with Crippen molar-refractivity contribution in [2.24, 2.45) is 5.92 Å². The second-order valence-corrected chi connectivity index (χ2v) is 12.5. The smallest absolute Gasteiger partial charge is 0.475 e. The average molecular weight is 644 g/mol. The molecule has 2 saturated heterocycles. The van der Waals surface area contributed by atoms with Gasteiger partial charge in [0.25, 0.3) is 5.56 Å². The highest BCUT2D eigenvalue weighted by Gasteiger charge is 2.38. The Balaban J connectivity index is 0.000000537. The number of carboxylic acid groups (broad SMARTS) is 1. The first-order valence-corrected chi connectivity index (χ1v) is 16.3. The molecule has 1 saturated carbocycles. The van der Waals surface area contributed by atoms with Crippen LogP contribution in [0.25, 0.3) is 11.0 Å². The molecule has 4 heterocycles. The molecule has 6 rings (SSSR count). The van der Waals surface area contributed by atoms with Crippen LogP contribution in [0.5, 0.6) is 0 Å². The van der Waals surface area contributed by atoms with Crippen molar-refractivity contribution in [1.29, 1.82) is 0 Å². The van der Waals surface area contributed by atoms with Crippen LogP contribution in [0.15, 0.2) is 41.3 Å². The fourth-order valence-corrected chi connectivity index (χ4v) is 6.75. The van der Waals surface area contributed by atoms with Crippen LogP contribution in [0, 0.1) is 12.8 Å². The summed E-state index contributed by atoms with van der Waals surface area (Å²) >= 11 is 0. The number of hydrogen-bond acceptors (Lipinski definition) is 8. The van der Waals surface area contributed by atoms with Crippen LogP contribution < -0.4 is 21.1 Å². The van der Waals surface area contributed by atoms with Crippen LogP contribution >= 0.6 is 0 Å². The third-order valence-electron chi connectivity index (χ3n) is 9.33. The normalized spacial score (nSPS) is 18.4. The first kappa shape index (κ1) is 33.6. The summed E-state index contributed by atoms with van der Waals surface area (Å²) in [5.41, 5.74) is 3.97.